The van der Waals surface area contributed by atoms with Gasteiger partial charge in [-0.2, -0.15) is 0 Å². The molecule has 0 radical (unpaired) electrons. The largest absolute Gasteiger partial charge is 0.396 e. The highest BCUT2D eigenvalue weighted by Crippen LogP contribution is 2.23. The SMILES string of the molecule is CCNC(=NCc1ccc(N2CCC(CO)CC2)cc1)NCc1ccccc1Cl. The summed E-state index contributed by atoms with van der Waals surface area (Å²) in [5.74, 6) is 1.24. The van der Waals surface area contributed by atoms with E-state index in [-0.39, 0.29) is 0 Å². The second-order valence-electron chi connectivity index (χ2n) is 7.42. The first-order chi connectivity index (χ1) is 14.2. The molecule has 3 rings (SSSR count). The molecule has 0 saturated carbocycles. The van der Waals surface area contributed by atoms with Crippen molar-refractivity contribution in [2.24, 2.45) is 10.9 Å². The molecule has 29 heavy (non-hydrogen) atoms. The van der Waals surface area contributed by atoms with E-state index >= 15 is 0 Å². The lowest BCUT2D eigenvalue weighted by atomic mass is 9.97. The van der Waals surface area contributed by atoms with E-state index in [4.69, 9.17) is 16.6 Å². The molecule has 1 aliphatic heterocycles. The molecule has 5 nitrogen and oxygen atoms in total. The quantitative estimate of drug-likeness (QED) is 0.476. The molecule has 3 N–H and O–H groups in total. The first-order valence-electron chi connectivity index (χ1n) is 10.4. The zero-order chi connectivity index (χ0) is 20.5. The zero-order valence-electron chi connectivity index (χ0n) is 17.1. The van der Waals surface area contributed by atoms with Gasteiger partial charge in [0.15, 0.2) is 5.96 Å². The maximum Gasteiger partial charge on any atom is 0.191 e. The molecule has 2 aromatic carbocycles. The van der Waals surface area contributed by atoms with Crippen molar-refractivity contribution in [2.75, 3.05) is 31.1 Å². The van der Waals surface area contributed by atoms with Crippen LogP contribution in [0.5, 0.6) is 0 Å². The standard InChI is InChI=1S/C23H31ClN4O/c1-2-25-23(27-16-20-5-3-4-6-22(20)24)26-15-18-7-9-21(10-8-18)28-13-11-19(17-29)12-14-28/h3-10,19,29H,2,11-17H2,1H3,(H2,25,26,27). The van der Waals surface area contributed by atoms with Crippen molar-refractivity contribution in [1.29, 1.82) is 0 Å². The Morgan fingerprint density at radius 1 is 1.10 bits per heavy atom. The van der Waals surface area contributed by atoms with Crippen molar-refractivity contribution in [2.45, 2.75) is 32.9 Å². The monoisotopic (exact) mass is 414 g/mol. The molecule has 0 aliphatic carbocycles. The molecule has 1 saturated heterocycles. The Hall–Kier alpha value is -2.24. The average molecular weight is 415 g/mol. The summed E-state index contributed by atoms with van der Waals surface area (Å²) < 4.78 is 0. The number of anilines is 1. The number of guanidine groups is 1. The number of benzene rings is 2. The van der Waals surface area contributed by atoms with Gasteiger partial charge in [-0.1, -0.05) is 41.9 Å². The molecule has 0 atom stereocenters. The van der Waals surface area contributed by atoms with Crippen LogP contribution in [0.2, 0.25) is 5.02 Å². The van der Waals surface area contributed by atoms with E-state index in [9.17, 15) is 5.11 Å². The third kappa shape index (κ3) is 6.38. The number of aliphatic hydroxyl groups excluding tert-OH is 1. The number of rotatable bonds is 7. The van der Waals surface area contributed by atoms with Gasteiger partial charge in [0.2, 0.25) is 0 Å². The number of piperidine rings is 1. The Morgan fingerprint density at radius 3 is 2.48 bits per heavy atom. The zero-order valence-corrected chi connectivity index (χ0v) is 17.8. The van der Waals surface area contributed by atoms with Crippen LogP contribution in [0.3, 0.4) is 0 Å². The Morgan fingerprint density at radius 2 is 1.83 bits per heavy atom. The highest BCUT2D eigenvalue weighted by atomic mass is 35.5. The van der Waals surface area contributed by atoms with Crippen LogP contribution in [-0.2, 0) is 13.1 Å². The lowest BCUT2D eigenvalue weighted by molar-refractivity contribution is 0.203. The Labute approximate surface area is 178 Å². The van der Waals surface area contributed by atoms with E-state index < -0.39 is 0 Å². The number of aliphatic imine (C=N–C) groups is 1. The lowest BCUT2D eigenvalue weighted by Gasteiger charge is -2.32. The van der Waals surface area contributed by atoms with Crippen LogP contribution in [-0.4, -0.2) is 37.3 Å². The number of aliphatic hydroxyl groups is 1. The van der Waals surface area contributed by atoms with Gasteiger partial charge in [0, 0.05) is 43.5 Å². The van der Waals surface area contributed by atoms with Crippen LogP contribution >= 0.6 is 11.6 Å². The summed E-state index contributed by atoms with van der Waals surface area (Å²) in [5.41, 5.74) is 3.47. The van der Waals surface area contributed by atoms with Gasteiger partial charge in [-0.25, -0.2) is 4.99 Å². The van der Waals surface area contributed by atoms with Crippen molar-refractivity contribution in [3.63, 3.8) is 0 Å². The second kappa shape index (κ2) is 11.1. The van der Waals surface area contributed by atoms with Gasteiger partial charge in [0.1, 0.15) is 0 Å². The van der Waals surface area contributed by atoms with Crippen LogP contribution < -0.4 is 15.5 Å². The minimum Gasteiger partial charge on any atom is -0.396 e. The number of halogens is 1. The third-order valence-corrected chi connectivity index (χ3v) is 5.71. The Balaban J connectivity index is 1.55. The van der Waals surface area contributed by atoms with Gasteiger partial charge in [-0.15, -0.1) is 0 Å². The van der Waals surface area contributed by atoms with Crippen molar-refractivity contribution >= 4 is 23.2 Å². The molecule has 1 fully saturated rings. The van der Waals surface area contributed by atoms with Crippen LogP contribution in [0.4, 0.5) is 5.69 Å². The molecule has 0 bridgehead atoms. The average Bonchev–Trinajstić information content (AvgIpc) is 2.77. The second-order valence-corrected chi connectivity index (χ2v) is 7.83. The summed E-state index contributed by atoms with van der Waals surface area (Å²) in [6.45, 7) is 6.44. The highest BCUT2D eigenvalue weighted by Gasteiger charge is 2.18. The molecule has 156 valence electrons. The molecule has 0 amide bonds. The van der Waals surface area contributed by atoms with Crippen molar-refractivity contribution in [1.82, 2.24) is 10.6 Å². The molecule has 1 aliphatic rings. The van der Waals surface area contributed by atoms with E-state index in [0.717, 1.165) is 49.0 Å². The van der Waals surface area contributed by atoms with Crippen molar-refractivity contribution < 1.29 is 5.11 Å². The molecular weight excluding hydrogens is 384 g/mol. The fraction of sp³-hybridized carbons (Fsp3) is 0.435. The van der Waals surface area contributed by atoms with E-state index in [1.165, 1.54) is 11.3 Å². The van der Waals surface area contributed by atoms with E-state index in [1.807, 2.05) is 24.3 Å². The van der Waals surface area contributed by atoms with E-state index in [1.54, 1.807) is 0 Å². The molecule has 6 heteroatoms. The summed E-state index contributed by atoms with van der Waals surface area (Å²) in [7, 11) is 0. The number of hydrogen-bond acceptors (Lipinski definition) is 3. The normalized spacial score (nSPS) is 15.4. The Kier molecular flexibility index (Phi) is 8.20. The van der Waals surface area contributed by atoms with Crippen molar-refractivity contribution in [3.05, 3.63) is 64.7 Å². The minimum atomic E-state index is 0.309. The van der Waals surface area contributed by atoms with Gasteiger partial charge in [0.05, 0.1) is 6.54 Å². The summed E-state index contributed by atoms with van der Waals surface area (Å²) in [6.07, 6.45) is 2.12. The summed E-state index contributed by atoms with van der Waals surface area (Å²) in [5, 5.41) is 16.7. The number of hydrogen-bond donors (Lipinski definition) is 3. The lowest BCUT2D eigenvalue weighted by Crippen LogP contribution is -2.36. The van der Waals surface area contributed by atoms with Crippen LogP contribution in [0, 0.1) is 5.92 Å². The van der Waals surface area contributed by atoms with E-state index in [2.05, 4.69) is 46.7 Å². The van der Waals surface area contributed by atoms with Gasteiger partial charge in [0.25, 0.3) is 0 Å². The molecule has 0 spiro atoms. The Bertz CT molecular complexity index is 786. The van der Waals surface area contributed by atoms with Gasteiger partial charge in [-0.05, 0) is 55.0 Å². The van der Waals surface area contributed by atoms with Gasteiger partial charge >= 0.3 is 0 Å². The first kappa shape index (κ1) is 21.5. The fourth-order valence-corrected chi connectivity index (χ4v) is 3.72. The molecule has 1 heterocycles. The van der Waals surface area contributed by atoms with Gasteiger partial charge in [-0.3, -0.25) is 0 Å². The summed E-state index contributed by atoms with van der Waals surface area (Å²) in [6, 6.07) is 16.5. The third-order valence-electron chi connectivity index (χ3n) is 5.34. The predicted molar refractivity (Wildman–Crippen MR) is 122 cm³/mol. The predicted octanol–water partition coefficient (Wildman–Crippen LogP) is 3.80. The summed E-state index contributed by atoms with van der Waals surface area (Å²) >= 11 is 6.24. The highest BCUT2D eigenvalue weighted by molar-refractivity contribution is 6.31. The van der Waals surface area contributed by atoms with Crippen molar-refractivity contribution in [3.8, 4) is 0 Å². The maximum atomic E-state index is 9.30. The maximum absolute atomic E-state index is 9.30. The fourth-order valence-electron chi connectivity index (χ4n) is 3.52. The minimum absolute atomic E-state index is 0.309. The van der Waals surface area contributed by atoms with Crippen LogP contribution in [0.25, 0.3) is 0 Å². The molecule has 0 aromatic heterocycles. The topological polar surface area (TPSA) is 59.9 Å². The summed E-state index contributed by atoms with van der Waals surface area (Å²) in [4.78, 5) is 7.10. The first-order valence-corrected chi connectivity index (χ1v) is 10.8. The van der Waals surface area contributed by atoms with Crippen LogP contribution in [0.1, 0.15) is 30.9 Å². The number of nitrogens with one attached hydrogen (secondary N) is 2. The molecule has 0 unspecified atom stereocenters. The molecular formula is C23H31ClN4O. The molecule has 2 aromatic rings. The van der Waals surface area contributed by atoms with E-state index in [0.29, 0.717) is 25.6 Å². The number of nitrogens with zero attached hydrogens (tertiary/aromatic N) is 2. The van der Waals surface area contributed by atoms with Crippen LogP contribution in [0.15, 0.2) is 53.5 Å². The smallest absolute Gasteiger partial charge is 0.191 e. The van der Waals surface area contributed by atoms with Gasteiger partial charge < -0.3 is 20.6 Å².